The second-order valence-corrected chi connectivity index (χ2v) is 5.81. The minimum Gasteiger partial charge on any atom is -0.497 e. The molecule has 0 N–H and O–H groups in total. The van der Waals surface area contributed by atoms with Crippen LogP contribution in [-0.2, 0) is 0 Å². The predicted molar refractivity (Wildman–Crippen MR) is 75.6 cm³/mol. The number of benzene rings is 1. The smallest absolute Gasteiger partial charge is 0.256 e. The summed E-state index contributed by atoms with van der Waals surface area (Å²) < 4.78 is 18.9. The van der Waals surface area contributed by atoms with Crippen molar-refractivity contribution in [3.05, 3.63) is 29.6 Å². The van der Waals surface area contributed by atoms with Gasteiger partial charge in [0.25, 0.3) is 5.91 Å². The third-order valence-corrected chi connectivity index (χ3v) is 4.01. The summed E-state index contributed by atoms with van der Waals surface area (Å²) in [4.78, 5) is 16.4. The van der Waals surface area contributed by atoms with E-state index in [0.717, 1.165) is 6.54 Å². The van der Waals surface area contributed by atoms with Gasteiger partial charge in [-0.1, -0.05) is 0 Å². The number of halogens is 1. The monoisotopic (exact) mass is 280 g/mol. The molecule has 0 atom stereocenters. The van der Waals surface area contributed by atoms with E-state index in [1.165, 1.54) is 19.2 Å². The molecule has 2 rings (SSSR count). The largest absolute Gasteiger partial charge is 0.497 e. The minimum absolute atomic E-state index is 0.100. The zero-order chi connectivity index (χ0) is 14.9. The summed E-state index contributed by atoms with van der Waals surface area (Å²) >= 11 is 0. The topological polar surface area (TPSA) is 32.8 Å². The van der Waals surface area contributed by atoms with E-state index in [0.29, 0.717) is 18.8 Å². The van der Waals surface area contributed by atoms with Crippen LogP contribution in [-0.4, -0.2) is 55.0 Å². The van der Waals surface area contributed by atoms with E-state index in [1.807, 2.05) is 7.05 Å². The molecule has 0 aromatic heterocycles. The lowest BCUT2D eigenvalue weighted by Gasteiger charge is -2.45. The molecule has 1 heterocycles. The molecule has 4 nitrogen and oxygen atoms in total. The van der Waals surface area contributed by atoms with Crippen molar-refractivity contribution < 1.29 is 13.9 Å². The van der Waals surface area contributed by atoms with Crippen LogP contribution in [0.15, 0.2) is 18.2 Å². The number of amides is 1. The molecule has 5 heteroatoms. The number of carbonyl (C=O) groups is 1. The van der Waals surface area contributed by atoms with Crippen LogP contribution in [0.4, 0.5) is 4.39 Å². The maximum absolute atomic E-state index is 14.0. The van der Waals surface area contributed by atoms with E-state index in [-0.39, 0.29) is 17.0 Å². The van der Waals surface area contributed by atoms with Crippen molar-refractivity contribution in [2.24, 2.45) is 0 Å². The lowest BCUT2D eigenvalue weighted by atomic mass is 9.99. The Hall–Kier alpha value is -1.62. The van der Waals surface area contributed by atoms with E-state index in [4.69, 9.17) is 4.74 Å². The standard InChI is InChI=1S/C15H21FN2O2/c1-15(2)10-18(8-7-17(15)3)14(19)12-6-5-11(20-4)9-13(12)16/h5-6,9H,7-8,10H2,1-4H3. The van der Waals surface area contributed by atoms with Gasteiger partial charge in [0.15, 0.2) is 0 Å². The Morgan fingerprint density at radius 2 is 2.05 bits per heavy atom. The van der Waals surface area contributed by atoms with Gasteiger partial charge in [-0.3, -0.25) is 9.69 Å². The Bertz CT molecular complexity index is 517. The highest BCUT2D eigenvalue weighted by Crippen LogP contribution is 2.23. The number of methoxy groups -OCH3 is 1. The predicted octanol–water partition coefficient (Wildman–Crippen LogP) is 2.00. The molecule has 1 amide bonds. The van der Waals surface area contributed by atoms with Gasteiger partial charge < -0.3 is 9.64 Å². The van der Waals surface area contributed by atoms with Gasteiger partial charge in [0.05, 0.1) is 12.7 Å². The molecule has 0 bridgehead atoms. The first-order valence-corrected chi connectivity index (χ1v) is 6.69. The first-order chi connectivity index (χ1) is 9.35. The summed E-state index contributed by atoms with van der Waals surface area (Å²) in [5.41, 5.74) is 0.00258. The molecular weight excluding hydrogens is 259 g/mol. The minimum atomic E-state index is -0.536. The van der Waals surface area contributed by atoms with Gasteiger partial charge in [-0.25, -0.2) is 4.39 Å². The van der Waals surface area contributed by atoms with Gasteiger partial charge in [-0.2, -0.15) is 0 Å². The third kappa shape index (κ3) is 2.77. The Morgan fingerprint density at radius 1 is 1.35 bits per heavy atom. The van der Waals surface area contributed by atoms with E-state index < -0.39 is 5.82 Å². The molecular formula is C15H21FN2O2. The summed E-state index contributed by atoms with van der Waals surface area (Å²) in [5, 5.41) is 0. The lowest BCUT2D eigenvalue weighted by Crippen LogP contribution is -2.58. The zero-order valence-electron chi connectivity index (χ0n) is 12.4. The molecule has 1 saturated heterocycles. The van der Waals surface area contributed by atoms with E-state index in [2.05, 4.69) is 18.7 Å². The molecule has 1 aliphatic rings. The first-order valence-electron chi connectivity index (χ1n) is 6.69. The van der Waals surface area contributed by atoms with Crippen LogP contribution >= 0.6 is 0 Å². The normalized spacial score (nSPS) is 18.9. The second-order valence-electron chi connectivity index (χ2n) is 5.81. The number of nitrogens with zero attached hydrogens (tertiary/aromatic N) is 2. The molecule has 1 aliphatic heterocycles. The molecule has 1 aromatic rings. The van der Waals surface area contributed by atoms with Crippen LogP contribution in [0.25, 0.3) is 0 Å². The fourth-order valence-electron chi connectivity index (χ4n) is 2.38. The Balaban J connectivity index is 2.20. The molecule has 0 radical (unpaired) electrons. The molecule has 0 aliphatic carbocycles. The maximum Gasteiger partial charge on any atom is 0.256 e. The third-order valence-electron chi connectivity index (χ3n) is 4.01. The summed E-state index contributed by atoms with van der Waals surface area (Å²) in [7, 11) is 3.51. The van der Waals surface area contributed by atoms with Crippen LogP contribution in [0.2, 0.25) is 0 Å². The average molecular weight is 280 g/mol. The number of likely N-dealkylation sites (N-methyl/N-ethyl adjacent to an activating group) is 1. The highest BCUT2D eigenvalue weighted by molar-refractivity contribution is 5.94. The number of rotatable bonds is 2. The van der Waals surface area contributed by atoms with Gasteiger partial charge in [0.1, 0.15) is 11.6 Å². The van der Waals surface area contributed by atoms with Crippen LogP contribution in [0, 0.1) is 5.82 Å². The number of hydrogen-bond donors (Lipinski definition) is 0. The van der Waals surface area contributed by atoms with Crippen molar-refractivity contribution in [2.45, 2.75) is 19.4 Å². The van der Waals surface area contributed by atoms with Crippen molar-refractivity contribution in [3.8, 4) is 5.75 Å². The number of ether oxygens (including phenoxy) is 1. The van der Waals surface area contributed by atoms with Crippen LogP contribution in [0.5, 0.6) is 5.75 Å². The van der Waals surface area contributed by atoms with E-state index in [9.17, 15) is 9.18 Å². The fourth-order valence-corrected chi connectivity index (χ4v) is 2.38. The van der Waals surface area contributed by atoms with E-state index >= 15 is 0 Å². The second kappa shape index (κ2) is 5.40. The number of carbonyl (C=O) groups excluding carboxylic acids is 1. The molecule has 0 spiro atoms. The quantitative estimate of drug-likeness (QED) is 0.830. The van der Waals surface area contributed by atoms with Crippen molar-refractivity contribution in [1.82, 2.24) is 9.80 Å². The maximum atomic E-state index is 14.0. The fraction of sp³-hybridized carbons (Fsp3) is 0.533. The zero-order valence-corrected chi connectivity index (χ0v) is 12.4. The van der Waals surface area contributed by atoms with Crippen LogP contribution in [0.3, 0.4) is 0 Å². The van der Waals surface area contributed by atoms with Gasteiger partial charge in [-0.05, 0) is 33.0 Å². The first kappa shape index (κ1) is 14.8. The van der Waals surface area contributed by atoms with E-state index in [1.54, 1.807) is 11.0 Å². The summed E-state index contributed by atoms with van der Waals surface area (Å²) in [6.07, 6.45) is 0. The van der Waals surface area contributed by atoms with Crippen LogP contribution < -0.4 is 4.74 Å². The van der Waals surface area contributed by atoms with Gasteiger partial charge in [-0.15, -0.1) is 0 Å². The van der Waals surface area contributed by atoms with Crippen molar-refractivity contribution in [1.29, 1.82) is 0 Å². The molecule has 1 fully saturated rings. The van der Waals surface area contributed by atoms with Gasteiger partial charge in [0.2, 0.25) is 0 Å². The van der Waals surface area contributed by atoms with Crippen molar-refractivity contribution in [2.75, 3.05) is 33.8 Å². The molecule has 0 saturated carbocycles. The molecule has 110 valence electrons. The Labute approximate surface area is 119 Å². The number of piperazine rings is 1. The highest BCUT2D eigenvalue weighted by Gasteiger charge is 2.34. The Morgan fingerprint density at radius 3 is 2.60 bits per heavy atom. The van der Waals surface area contributed by atoms with Crippen LogP contribution in [0.1, 0.15) is 24.2 Å². The molecule has 0 unspecified atom stereocenters. The summed E-state index contributed by atoms with van der Waals surface area (Å²) in [5.74, 6) is -0.379. The lowest BCUT2D eigenvalue weighted by molar-refractivity contribution is 0.0308. The summed E-state index contributed by atoms with van der Waals surface area (Å²) in [6.45, 7) is 6.15. The van der Waals surface area contributed by atoms with Crippen molar-refractivity contribution >= 4 is 5.91 Å². The highest BCUT2D eigenvalue weighted by atomic mass is 19.1. The SMILES string of the molecule is COc1ccc(C(=O)N2CCN(C)C(C)(C)C2)c(F)c1. The molecule has 1 aromatic carbocycles. The number of hydrogen-bond acceptors (Lipinski definition) is 3. The Kier molecular flexibility index (Phi) is 3.99. The summed E-state index contributed by atoms with van der Waals surface area (Å²) in [6, 6.07) is 4.34. The van der Waals surface area contributed by atoms with Gasteiger partial charge in [0, 0.05) is 31.2 Å². The van der Waals surface area contributed by atoms with Crippen molar-refractivity contribution in [3.63, 3.8) is 0 Å². The average Bonchev–Trinajstić information content (AvgIpc) is 2.41. The van der Waals surface area contributed by atoms with Gasteiger partial charge >= 0.3 is 0 Å². The molecule has 20 heavy (non-hydrogen) atoms.